The average Bonchev–Trinajstić information content (AvgIpc) is 2.56. The van der Waals surface area contributed by atoms with E-state index in [1.165, 1.54) is 0 Å². The van der Waals surface area contributed by atoms with Crippen molar-refractivity contribution in [3.63, 3.8) is 0 Å². The summed E-state index contributed by atoms with van der Waals surface area (Å²) in [5.74, 6) is 1.30. The lowest BCUT2D eigenvalue weighted by molar-refractivity contribution is 0.454. The Morgan fingerprint density at radius 3 is 3.20 bits per heavy atom. The molecule has 2 heterocycles. The molecule has 0 saturated heterocycles. The highest BCUT2D eigenvalue weighted by molar-refractivity contribution is 5.82. The summed E-state index contributed by atoms with van der Waals surface area (Å²) in [6.45, 7) is 0.852. The Hall–Kier alpha value is -1.55. The fourth-order valence-corrected chi connectivity index (χ4v) is 2.24. The number of nitrogens with zero attached hydrogens (tertiary/aromatic N) is 2. The summed E-state index contributed by atoms with van der Waals surface area (Å²) in [4.78, 5) is 4.49. The van der Waals surface area contributed by atoms with Gasteiger partial charge in [-0.1, -0.05) is 6.07 Å². The molecule has 0 bridgehead atoms. The third-order valence-electron chi connectivity index (χ3n) is 2.99. The van der Waals surface area contributed by atoms with E-state index in [-0.39, 0.29) is 6.04 Å². The Morgan fingerprint density at radius 1 is 1.47 bits per heavy atom. The average molecular weight is 203 g/mol. The van der Waals surface area contributed by atoms with Crippen molar-refractivity contribution in [2.24, 2.45) is 5.73 Å². The molecule has 2 aromatic rings. The monoisotopic (exact) mass is 203 g/mol. The van der Waals surface area contributed by atoms with E-state index < -0.39 is 0 Å². The van der Waals surface area contributed by atoms with Crippen LogP contribution in [0.3, 0.4) is 0 Å². The number of aromatic hydroxyl groups is 1. The molecule has 0 spiro atoms. The number of aryl methyl sites for hydroxylation is 1. The minimum absolute atomic E-state index is 0.205. The molecule has 0 amide bonds. The first kappa shape index (κ1) is 8.73. The number of fused-ring (bicyclic) bond motifs is 3. The topological polar surface area (TPSA) is 64.1 Å². The highest BCUT2D eigenvalue weighted by Crippen LogP contribution is 2.28. The quantitative estimate of drug-likeness (QED) is 0.671. The van der Waals surface area contributed by atoms with Crippen molar-refractivity contribution in [2.45, 2.75) is 25.4 Å². The predicted octanol–water partition coefficient (Wildman–Crippen LogP) is 1.02. The van der Waals surface area contributed by atoms with Gasteiger partial charge in [-0.3, -0.25) is 0 Å². The van der Waals surface area contributed by atoms with Crippen LogP contribution < -0.4 is 5.73 Å². The van der Waals surface area contributed by atoms with Crippen molar-refractivity contribution in [3.8, 4) is 5.75 Å². The van der Waals surface area contributed by atoms with Gasteiger partial charge in [0.15, 0.2) is 0 Å². The Balaban J connectivity index is 2.29. The second-order valence-corrected chi connectivity index (χ2v) is 4.08. The summed E-state index contributed by atoms with van der Waals surface area (Å²) in [5, 5.41) is 9.79. The number of hydrogen-bond donors (Lipinski definition) is 2. The van der Waals surface area contributed by atoms with Gasteiger partial charge in [-0.25, -0.2) is 4.98 Å². The molecule has 3 rings (SSSR count). The molecule has 0 saturated carbocycles. The number of aromatic nitrogens is 2. The lowest BCUT2D eigenvalue weighted by atomic mass is 10.1. The molecule has 1 aromatic carbocycles. The second-order valence-electron chi connectivity index (χ2n) is 4.08. The van der Waals surface area contributed by atoms with Crippen LogP contribution in [-0.2, 0) is 13.0 Å². The molecule has 0 aliphatic carbocycles. The summed E-state index contributed by atoms with van der Waals surface area (Å²) >= 11 is 0. The van der Waals surface area contributed by atoms with E-state index in [9.17, 15) is 5.11 Å². The van der Waals surface area contributed by atoms with Crippen molar-refractivity contribution in [1.29, 1.82) is 0 Å². The highest BCUT2D eigenvalue weighted by atomic mass is 16.3. The Kier molecular flexibility index (Phi) is 1.73. The molecule has 15 heavy (non-hydrogen) atoms. The van der Waals surface area contributed by atoms with E-state index in [2.05, 4.69) is 9.55 Å². The van der Waals surface area contributed by atoms with Gasteiger partial charge in [0.1, 0.15) is 17.1 Å². The molecular formula is C11H13N3O. The van der Waals surface area contributed by atoms with Gasteiger partial charge in [0, 0.05) is 19.0 Å². The summed E-state index contributed by atoms with van der Waals surface area (Å²) in [7, 11) is 0. The van der Waals surface area contributed by atoms with Gasteiger partial charge in [-0.05, 0) is 18.6 Å². The van der Waals surface area contributed by atoms with Crippen LogP contribution in [0.15, 0.2) is 18.2 Å². The minimum atomic E-state index is 0.205. The van der Waals surface area contributed by atoms with E-state index in [1.807, 2.05) is 12.1 Å². The molecule has 0 fully saturated rings. The summed E-state index contributed by atoms with van der Waals surface area (Å²) in [6, 6.07) is 5.64. The fraction of sp³-hybridized carbons (Fsp3) is 0.364. The van der Waals surface area contributed by atoms with Crippen molar-refractivity contribution in [2.75, 3.05) is 0 Å². The van der Waals surface area contributed by atoms with E-state index >= 15 is 0 Å². The van der Waals surface area contributed by atoms with Gasteiger partial charge >= 0.3 is 0 Å². The largest absolute Gasteiger partial charge is 0.506 e. The van der Waals surface area contributed by atoms with Crippen LogP contribution >= 0.6 is 0 Å². The zero-order chi connectivity index (χ0) is 10.4. The number of nitrogens with two attached hydrogens (primary N) is 1. The number of imidazole rings is 1. The van der Waals surface area contributed by atoms with Crippen LogP contribution in [0.4, 0.5) is 0 Å². The van der Waals surface area contributed by atoms with E-state index in [4.69, 9.17) is 5.73 Å². The molecule has 1 aromatic heterocycles. The molecule has 1 unspecified atom stereocenters. The maximum Gasteiger partial charge on any atom is 0.141 e. The Labute approximate surface area is 87.3 Å². The lowest BCUT2D eigenvalue weighted by Gasteiger charge is -2.20. The highest BCUT2D eigenvalue weighted by Gasteiger charge is 2.20. The van der Waals surface area contributed by atoms with Crippen molar-refractivity contribution >= 4 is 11.0 Å². The third kappa shape index (κ3) is 1.22. The van der Waals surface area contributed by atoms with Crippen LogP contribution in [-0.4, -0.2) is 20.7 Å². The van der Waals surface area contributed by atoms with E-state index in [1.54, 1.807) is 6.07 Å². The smallest absolute Gasteiger partial charge is 0.141 e. The molecule has 0 radical (unpaired) electrons. The van der Waals surface area contributed by atoms with Crippen LogP contribution in [0.5, 0.6) is 5.75 Å². The number of benzene rings is 1. The van der Waals surface area contributed by atoms with E-state index in [0.29, 0.717) is 5.75 Å². The van der Waals surface area contributed by atoms with Gasteiger partial charge in [0.25, 0.3) is 0 Å². The zero-order valence-electron chi connectivity index (χ0n) is 8.35. The summed E-state index contributed by atoms with van der Waals surface area (Å²) < 4.78 is 2.08. The summed E-state index contributed by atoms with van der Waals surface area (Å²) in [5.41, 5.74) is 7.60. The van der Waals surface area contributed by atoms with Crippen LogP contribution in [0.25, 0.3) is 11.0 Å². The van der Waals surface area contributed by atoms with Crippen molar-refractivity contribution in [1.82, 2.24) is 9.55 Å². The van der Waals surface area contributed by atoms with Crippen molar-refractivity contribution < 1.29 is 5.11 Å². The van der Waals surface area contributed by atoms with Gasteiger partial charge in [-0.2, -0.15) is 0 Å². The first-order valence-corrected chi connectivity index (χ1v) is 5.18. The summed E-state index contributed by atoms with van der Waals surface area (Å²) in [6.07, 6.45) is 1.75. The molecule has 4 heteroatoms. The Bertz CT molecular complexity index is 518. The maximum atomic E-state index is 9.79. The first-order chi connectivity index (χ1) is 7.25. The Morgan fingerprint density at radius 2 is 2.33 bits per heavy atom. The van der Waals surface area contributed by atoms with Crippen LogP contribution in [0.2, 0.25) is 0 Å². The molecule has 1 aliphatic heterocycles. The second kappa shape index (κ2) is 2.97. The number of rotatable bonds is 0. The molecule has 1 aliphatic rings. The normalized spacial score (nSPS) is 20.5. The van der Waals surface area contributed by atoms with Crippen LogP contribution in [0.1, 0.15) is 12.2 Å². The molecule has 1 atom stereocenters. The van der Waals surface area contributed by atoms with Gasteiger partial charge in [-0.15, -0.1) is 0 Å². The zero-order valence-corrected chi connectivity index (χ0v) is 8.35. The standard InChI is InChI=1S/C11H13N3O/c12-7-4-5-14-10(6-7)13-8-2-1-3-9(15)11(8)14/h1-3,7,15H,4-6,12H2. The first-order valence-electron chi connectivity index (χ1n) is 5.18. The molecule has 4 nitrogen and oxygen atoms in total. The number of para-hydroxylation sites is 1. The molecule has 78 valence electrons. The predicted molar refractivity (Wildman–Crippen MR) is 57.7 cm³/mol. The number of hydrogen-bond acceptors (Lipinski definition) is 3. The molecule has 3 N–H and O–H groups in total. The van der Waals surface area contributed by atoms with Gasteiger partial charge in [0.05, 0.1) is 5.52 Å². The van der Waals surface area contributed by atoms with Crippen LogP contribution in [0, 0.1) is 0 Å². The van der Waals surface area contributed by atoms with Crippen molar-refractivity contribution in [3.05, 3.63) is 24.0 Å². The SMILES string of the molecule is NC1CCn2c(nc3cccc(O)c32)C1. The number of phenolic OH excluding ortho intramolecular Hbond substituents is 1. The molecular weight excluding hydrogens is 190 g/mol. The van der Waals surface area contributed by atoms with E-state index in [0.717, 1.165) is 36.2 Å². The third-order valence-corrected chi connectivity index (χ3v) is 2.99. The lowest BCUT2D eigenvalue weighted by Crippen LogP contribution is -2.30. The minimum Gasteiger partial charge on any atom is -0.506 e. The number of phenols is 1. The fourth-order valence-electron chi connectivity index (χ4n) is 2.24. The van der Waals surface area contributed by atoms with Gasteiger partial charge in [0.2, 0.25) is 0 Å². The van der Waals surface area contributed by atoms with Gasteiger partial charge < -0.3 is 15.4 Å². The maximum absolute atomic E-state index is 9.79.